The van der Waals surface area contributed by atoms with Crippen molar-refractivity contribution in [3.05, 3.63) is 41.7 Å². The second-order valence-corrected chi connectivity index (χ2v) is 2.95. The van der Waals surface area contributed by atoms with Gasteiger partial charge in [-0.25, -0.2) is 4.98 Å². The maximum atomic E-state index is 8.81. The van der Waals surface area contributed by atoms with E-state index < -0.39 is 0 Å². The molecular weight excluding hydrogens is 184 g/mol. The number of fused-ring (bicyclic) bond motifs is 1. The van der Waals surface area contributed by atoms with Crippen LogP contribution in [0.1, 0.15) is 25.1 Å². The minimum atomic E-state index is 0.501. The van der Waals surface area contributed by atoms with Gasteiger partial charge in [-0.1, -0.05) is 38.1 Å². The van der Waals surface area contributed by atoms with Crippen molar-refractivity contribution in [1.82, 2.24) is 4.98 Å². The molecule has 15 heavy (non-hydrogen) atoms. The standard InChI is InChI=1S/C11H8N2.C2H6/c1-8-7-13-11(6-12)10-5-3-2-4-9(8)10;1-2/h2-5,7H,1H3;1-2H3. The molecule has 0 fully saturated rings. The maximum Gasteiger partial charge on any atom is 0.148 e. The first-order valence-electron chi connectivity index (χ1n) is 5.07. The van der Waals surface area contributed by atoms with Gasteiger partial charge in [0.05, 0.1) is 0 Å². The smallest absolute Gasteiger partial charge is 0.148 e. The van der Waals surface area contributed by atoms with Crippen LogP contribution in [0.3, 0.4) is 0 Å². The van der Waals surface area contributed by atoms with Crippen molar-refractivity contribution >= 4 is 10.8 Å². The molecule has 0 saturated carbocycles. The number of pyridine rings is 1. The number of aromatic nitrogens is 1. The summed E-state index contributed by atoms with van der Waals surface area (Å²) in [5.74, 6) is 0. The fourth-order valence-corrected chi connectivity index (χ4v) is 1.42. The summed E-state index contributed by atoms with van der Waals surface area (Å²) < 4.78 is 0. The molecule has 0 bridgehead atoms. The van der Waals surface area contributed by atoms with E-state index in [9.17, 15) is 0 Å². The van der Waals surface area contributed by atoms with Gasteiger partial charge in [-0.2, -0.15) is 5.26 Å². The Morgan fingerprint density at radius 3 is 2.33 bits per heavy atom. The number of aryl methyl sites for hydroxylation is 1. The van der Waals surface area contributed by atoms with Gasteiger partial charge in [0.2, 0.25) is 0 Å². The van der Waals surface area contributed by atoms with Crippen LogP contribution in [0.2, 0.25) is 0 Å². The van der Waals surface area contributed by atoms with E-state index in [1.54, 1.807) is 6.20 Å². The molecule has 0 saturated heterocycles. The Labute approximate surface area is 90.2 Å². The van der Waals surface area contributed by atoms with Gasteiger partial charge in [-0.15, -0.1) is 0 Å². The van der Waals surface area contributed by atoms with E-state index in [-0.39, 0.29) is 0 Å². The molecule has 0 spiro atoms. The first kappa shape index (κ1) is 11.2. The third-order valence-corrected chi connectivity index (χ3v) is 2.10. The van der Waals surface area contributed by atoms with Crippen molar-refractivity contribution in [3.8, 4) is 6.07 Å². The van der Waals surface area contributed by atoms with E-state index in [1.807, 2.05) is 45.0 Å². The van der Waals surface area contributed by atoms with E-state index in [2.05, 4.69) is 11.1 Å². The second-order valence-electron chi connectivity index (χ2n) is 2.95. The average molecular weight is 198 g/mol. The molecule has 0 N–H and O–H groups in total. The zero-order chi connectivity index (χ0) is 11.3. The molecule has 0 radical (unpaired) electrons. The molecule has 0 unspecified atom stereocenters. The van der Waals surface area contributed by atoms with E-state index in [4.69, 9.17) is 5.26 Å². The molecule has 0 aliphatic rings. The monoisotopic (exact) mass is 198 g/mol. The molecule has 0 aliphatic heterocycles. The van der Waals surface area contributed by atoms with E-state index in [0.717, 1.165) is 16.3 Å². The fourth-order valence-electron chi connectivity index (χ4n) is 1.42. The zero-order valence-corrected chi connectivity index (χ0v) is 9.28. The number of benzene rings is 1. The lowest BCUT2D eigenvalue weighted by Gasteiger charge is -2.01. The normalized spacial score (nSPS) is 8.93. The van der Waals surface area contributed by atoms with Gasteiger partial charge >= 0.3 is 0 Å². The minimum absolute atomic E-state index is 0.501. The molecule has 1 heterocycles. The molecule has 2 aromatic rings. The molecule has 2 nitrogen and oxygen atoms in total. The summed E-state index contributed by atoms with van der Waals surface area (Å²) in [4.78, 5) is 4.06. The van der Waals surface area contributed by atoms with Crippen LogP contribution in [0.4, 0.5) is 0 Å². The fraction of sp³-hybridized carbons (Fsp3) is 0.231. The number of nitriles is 1. The third-order valence-electron chi connectivity index (χ3n) is 2.10. The summed E-state index contributed by atoms with van der Waals surface area (Å²) in [6.45, 7) is 6.00. The van der Waals surface area contributed by atoms with Crippen molar-refractivity contribution in [1.29, 1.82) is 5.26 Å². The van der Waals surface area contributed by atoms with E-state index in [1.165, 1.54) is 0 Å². The van der Waals surface area contributed by atoms with Crippen molar-refractivity contribution in [2.75, 3.05) is 0 Å². The van der Waals surface area contributed by atoms with Crippen LogP contribution in [-0.2, 0) is 0 Å². The SMILES string of the molecule is CC.Cc1cnc(C#N)c2ccccc12. The van der Waals surface area contributed by atoms with Crippen LogP contribution < -0.4 is 0 Å². The van der Waals surface area contributed by atoms with Crippen LogP contribution in [-0.4, -0.2) is 4.98 Å². The van der Waals surface area contributed by atoms with Crippen molar-refractivity contribution in [2.24, 2.45) is 0 Å². The summed E-state index contributed by atoms with van der Waals surface area (Å²) in [6.07, 6.45) is 1.74. The highest BCUT2D eigenvalue weighted by molar-refractivity contribution is 5.88. The van der Waals surface area contributed by atoms with Crippen molar-refractivity contribution in [3.63, 3.8) is 0 Å². The van der Waals surface area contributed by atoms with Crippen LogP contribution in [0, 0.1) is 18.3 Å². The Balaban J connectivity index is 0.000000531. The van der Waals surface area contributed by atoms with E-state index >= 15 is 0 Å². The first-order valence-corrected chi connectivity index (χ1v) is 5.07. The summed E-state index contributed by atoms with van der Waals surface area (Å²) >= 11 is 0. The quantitative estimate of drug-likeness (QED) is 0.650. The average Bonchev–Trinajstić information content (AvgIpc) is 2.33. The lowest BCUT2D eigenvalue weighted by Crippen LogP contribution is -1.87. The topological polar surface area (TPSA) is 36.7 Å². The predicted octanol–water partition coefficient (Wildman–Crippen LogP) is 3.44. The summed E-state index contributed by atoms with van der Waals surface area (Å²) in [5, 5.41) is 10.9. The van der Waals surface area contributed by atoms with Gasteiger partial charge in [0.25, 0.3) is 0 Å². The van der Waals surface area contributed by atoms with Gasteiger partial charge in [0.15, 0.2) is 0 Å². The molecule has 0 aliphatic carbocycles. The van der Waals surface area contributed by atoms with Crippen LogP contribution >= 0.6 is 0 Å². The summed E-state index contributed by atoms with van der Waals surface area (Å²) in [5.41, 5.74) is 1.61. The number of nitrogens with zero attached hydrogens (tertiary/aromatic N) is 2. The largest absolute Gasteiger partial charge is 0.245 e. The van der Waals surface area contributed by atoms with Gasteiger partial charge in [-0.3, -0.25) is 0 Å². The molecule has 2 heteroatoms. The Bertz CT molecular complexity index is 495. The second kappa shape index (κ2) is 5.11. The van der Waals surface area contributed by atoms with Crippen LogP contribution in [0.25, 0.3) is 10.8 Å². The Hall–Kier alpha value is -1.88. The molecule has 0 atom stereocenters. The Morgan fingerprint density at radius 1 is 1.13 bits per heavy atom. The predicted molar refractivity (Wildman–Crippen MR) is 62.5 cm³/mol. The van der Waals surface area contributed by atoms with Crippen molar-refractivity contribution in [2.45, 2.75) is 20.8 Å². The number of hydrogen-bond acceptors (Lipinski definition) is 2. The van der Waals surface area contributed by atoms with Gasteiger partial charge in [-0.05, 0) is 17.9 Å². The first-order chi connectivity index (χ1) is 7.33. The maximum absolute atomic E-state index is 8.81. The van der Waals surface area contributed by atoms with Crippen molar-refractivity contribution < 1.29 is 0 Å². The third kappa shape index (κ3) is 2.13. The Morgan fingerprint density at radius 2 is 1.73 bits per heavy atom. The molecule has 0 amide bonds. The highest BCUT2D eigenvalue weighted by Gasteiger charge is 2.02. The summed E-state index contributed by atoms with van der Waals surface area (Å²) in [6, 6.07) is 9.91. The molecule has 1 aromatic heterocycles. The minimum Gasteiger partial charge on any atom is -0.245 e. The Kier molecular flexibility index (Phi) is 3.82. The van der Waals surface area contributed by atoms with Crippen LogP contribution in [0.5, 0.6) is 0 Å². The molecule has 76 valence electrons. The van der Waals surface area contributed by atoms with Gasteiger partial charge in [0, 0.05) is 11.6 Å². The van der Waals surface area contributed by atoms with Crippen LogP contribution in [0.15, 0.2) is 30.5 Å². The number of rotatable bonds is 0. The lowest BCUT2D eigenvalue weighted by atomic mass is 10.1. The zero-order valence-electron chi connectivity index (χ0n) is 9.28. The highest BCUT2D eigenvalue weighted by Crippen LogP contribution is 2.19. The molecule has 1 aromatic carbocycles. The summed E-state index contributed by atoms with van der Waals surface area (Å²) in [7, 11) is 0. The molecular formula is C13H14N2. The van der Waals surface area contributed by atoms with E-state index in [0.29, 0.717) is 5.69 Å². The lowest BCUT2D eigenvalue weighted by molar-refractivity contribution is 1.26. The highest BCUT2D eigenvalue weighted by atomic mass is 14.7. The van der Waals surface area contributed by atoms with Gasteiger partial charge < -0.3 is 0 Å². The molecule has 2 rings (SSSR count). The van der Waals surface area contributed by atoms with Gasteiger partial charge in [0.1, 0.15) is 11.8 Å². The number of hydrogen-bond donors (Lipinski definition) is 0.